The second-order valence-electron chi connectivity index (χ2n) is 4.52. The Bertz CT molecular complexity index is 299. The van der Waals surface area contributed by atoms with E-state index in [4.69, 9.17) is 5.73 Å². The number of hydrogen-bond donors (Lipinski definition) is 1. The number of aromatic nitrogens is 2. The first-order valence-electron chi connectivity index (χ1n) is 5.81. The molecule has 3 nitrogen and oxygen atoms in total. The molecule has 1 aromatic rings. The lowest BCUT2D eigenvalue weighted by molar-refractivity contribution is 0.273. The molecule has 15 heavy (non-hydrogen) atoms. The smallest absolute Gasteiger partial charge is 0.115 e. The van der Waals surface area contributed by atoms with Crippen LogP contribution in [0.15, 0.2) is 18.7 Å². The van der Waals surface area contributed by atoms with Crippen LogP contribution in [-0.4, -0.2) is 16.0 Å². The van der Waals surface area contributed by atoms with E-state index in [-0.39, 0.29) is 0 Å². The lowest BCUT2D eigenvalue weighted by Crippen LogP contribution is -2.32. The molecular weight excluding hydrogens is 186 g/mol. The van der Waals surface area contributed by atoms with Gasteiger partial charge in [-0.25, -0.2) is 9.97 Å². The second-order valence-corrected chi connectivity index (χ2v) is 4.52. The summed E-state index contributed by atoms with van der Waals surface area (Å²) in [5.74, 6) is 1.33. The van der Waals surface area contributed by atoms with Gasteiger partial charge in [-0.15, -0.1) is 0 Å². The maximum atomic E-state index is 6.04. The highest BCUT2D eigenvalue weighted by molar-refractivity contribution is 5.13. The van der Waals surface area contributed by atoms with Gasteiger partial charge in [0.2, 0.25) is 0 Å². The first-order chi connectivity index (χ1) is 7.31. The van der Waals surface area contributed by atoms with Crippen molar-refractivity contribution in [2.75, 3.05) is 0 Å². The third-order valence-corrected chi connectivity index (χ3v) is 3.57. The van der Waals surface area contributed by atoms with Gasteiger partial charge in [-0.05, 0) is 36.7 Å². The van der Waals surface area contributed by atoms with Crippen LogP contribution in [0.2, 0.25) is 0 Å². The summed E-state index contributed by atoms with van der Waals surface area (Å²) in [7, 11) is 0. The van der Waals surface area contributed by atoms with E-state index in [1.54, 1.807) is 6.33 Å². The van der Waals surface area contributed by atoms with Crippen LogP contribution >= 0.6 is 0 Å². The van der Waals surface area contributed by atoms with E-state index in [0.717, 1.165) is 12.3 Å². The van der Waals surface area contributed by atoms with Crippen LogP contribution in [0.4, 0.5) is 0 Å². The quantitative estimate of drug-likeness (QED) is 0.804. The van der Waals surface area contributed by atoms with Crippen molar-refractivity contribution in [3.05, 3.63) is 24.3 Å². The molecular formula is C12H19N3. The first kappa shape index (κ1) is 10.6. The lowest BCUT2D eigenvalue weighted by Gasteiger charge is -2.34. The fourth-order valence-corrected chi connectivity index (χ4v) is 2.66. The van der Waals surface area contributed by atoms with Crippen molar-refractivity contribution in [3.63, 3.8) is 0 Å². The topological polar surface area (TPSA) is 51.8 Å². The van der Waals surface area contributed by atoms with Gasteiger partial charge in [0.05, 0.1) is 0 Å². The maximum absolute atomic E-state index is 6.04. The minimum atomic E-state index is 0.359. The Hall–Kier alpha value is -0.960. The normalized spacial score (nSPS) is 31.5. The van der Waals surface area contributed by atoms with Crippen molar-refractivity contribution in [1.29, 1.82) is 0 Å². The molecule has 3 atom stereocenters. The molecule has 3 unspecified atom stereocenters. The third kappa shape index (κ3) is 2.34. The van der Waals surface area contributed by atoms with Crippen LogP contribution in [0.25, 0.3) is 0 Å². The molecule has 0 aliphatic heterocycles. The van der Waals surface area contributed by atoms with E-state index in [0.29, 0.717) is 12.0 Å². The van der Waals surface area contributed by atoms with Crippen molar-refractivity contribution < 1.29 is 0 Å². The number of rotatable bonds is 2. The van der Waals surface area contributed by atoms with E-state index in [9.17, 15) is 0 Å². The number of nitrogens with two attached hydrogens (primary N) is 1. The van der Waals surface area contributed by atoms with Gasteiger partial charge < -0.3 is 5.73 Å². The van der Waals surface area contributed by atoms with Gasteiger partial charge in [0.1, 0.15) is 6.33 Å². The average molecular weight is 205 g/mol. The van der Waals surface area contributed by atoms with Crippen molar-refractivity contribution >= 4 is 0 Å². The highest BCUT2D eigenvalue weighted by Gasteiger charge is 2.29. The lowest BCUT2D eigenvalue weighted by atomic mass is 9.73. The molecule has 2 rings (SSSR count). The summed E-state index contributed by atoms with van der Waals surface area (Å²) in [6, 6.07) is 0.359. The zero-order chi connectivity index (χ0) is 10.7. The summed E-state index contributed by atoms with van der Waals surface area (Å²) in [4.78, 5) is 8.20. The van der Waals surface area contributed by atoms with Crippen LogP contribution in [0.1, 0.15) is 44.1 Å². The Morgan fingerprint density at radius 3 is 2.73 bits per heavy atom. The molecule has 1 fully saturated rings. The van der Waals surface area contributed by atoms with E-state index in [1.165, 1.54) is 24.8 Å². The minimum absolute atomic E-state index is 0.359. The summed E-state index contributed by atoms with van der Waals surface area (Å²) in [5, 5.41) is 0. The first-order valence-corrected chi connectivity index (χ1v) is 5.81. The summed E-state index contributed by atoms with van der Waals surface area (Å²) in [5.41, 5.74) is 7.30. The number of nitrogens with zero attached hydrogens (tertiary/aromatic N) is 2. The third-order valence-electron chi connectivity index (χ3n) is 3.57. The predicted molar refractivity (Wildman–Crippen MR) is 60.4 cm³/mol. The monoisotopic (exact) mass is 205 g/mol. The standard InChI is InChI=1S/C12H19N3/c1-2-9-3-4-11(13)5-12(9)10-6-14-8-15-7-10/h6-9,11-12H,2-5,13H2,1H3. The van der Waals surface area contributed by atoms with Gasteiger partial charge in [-0.1, -0.05) is 13.3 Å². The molecule has 1 aromatic heterocycles. The van der Waals surface area contributed by atoms with Crippen molar-refractivity contribution in [1.82, 2.24) is 9.97 Å². The van der Waals surface area contributed by atoms with Gasteiger partial charge in [0.15, 0.2) is 0 Å². The molecule has 0 amide bonds. The Morgan fingerprint density at radius 1 is 1.33 bits per heavy atom. The molecule has 1 aliphatic rings. The van der Waals surface area contributed by atoms with Gasteiger partial charge in [0, 0.05) is 18.4 Å². The zero-order valence-electron chi connectivity index (χ0n) is 9.26. The van der Waals surface area contributed by atoms with Crippen LogP contribution in [0, 0.1) is 5.92 Å². The van der Waals surface area contributed by atoms with E-state index >= 15 is 0 Å². The van der Waals surface area contributed by atoms with E-state index < -0.39 is 0 Å². The zero-order valence-corrected chi connectivity index (χ0v) is 9.26. The molecule has 0 spiro atoms. The van der Waals surface area contributed by atoms with Crippen molar-refractivity contribution in [2.24, 2.45) is 11.7 Å². The SMILES string of the molecule is CCC1CCC(N)CC1c1cncnc1. The highest BCUT2D eigenvalue weighted by Crippen LogP contribution is 2.38. The van der Waals surface area contributed by atoms with Crippen molar-refractivity contribution in [3.8, 4) is 0 Å². The molecule has 0 bridgehead atoms. The Labute approximate surface area is 91.1 Å². The highest BCUT2D eigenvalue weighted by atomic mass is 14.8. The summed E-state index contributed by atoms with van der Waals surface area (Å²) < 4.78 is 0. The van der Waals surface area contributed by atoms with Crippen LogP contribution in [0.3, 0.4) is 0 Å². The van der Waals surface area contributed by atoms with Crippen molar-refractivity contribution in [2.45, 2.75) is 44.6 Å². The van der Waals surface area contributed by atoms with Crippen LogP contribution in [0.5, 0.6) is 0 Å². The molecule has 82 valence electrons. The molecule has 0 radical (unpaired) electrons. The fraction of sp³-hybridized carbons (Fsp3) is 0.667. The van der Waals surface area contributed by atoms with Crippen LogP contribution < -0.4 is 5.73 Å². The van der Waals surface area contributed by atoms with Gasteiger partial charge >= 0.3 is 0 Å². The Balaban J connectivity index is 2.17. The predicted octanol–water partition coefficient (Wildman–Crippen LogP) is 2.10. The van der Waals surface area contributed by atoms with Gasteiger partial charge in [0.25, 0.3) is 0 Å². The largest absolute Gasteiger partial charge is 0.328 e. The molecule has 2 N–H and O–H groups in total. The van der Waals surface area contributed by atoms with E-state index in [2.05, 4.69) is 16.9 Å². The molecule has 1 aliphatic carbocycles. The summed E-state index contributed by atoms with van der Waals surface area (Å²) in [6.45, 7) is 2.26. The Kier molecular flexibility index (Phi) is 3.31. The summed E-state index contributed by atoms with van der Waals surface area (Å²) >= 11 is 0. The molecule has 3 heteroatoms. The van der Waals surface area contributed by atoms with E-state index in [1.807, 2.05) is 12.4 Å². The summed E-state index contributed by atoms with van der Waals surface area (Å²) in [6.07, 6.45) is 10.2. The fourth-order valence-electron chi connectivity index (χ4n) is 2.66. The van der Waals surface area contributed by atoms with Gasteiger partial charge in [-0.3, -0.25) is 0 Å². The maximum Gasteiger partial charge on any atom is 0.115 e. The van der Waals surface area contributed by atoms with Gasteiger partial charge in [-0.2, -0.15) is 0 Å². The molecule has 0 saturated heterocycles. The molecule has 1 heterocycles. The minimum Gasteiger partial charge on any atom is -0.328 e. The number of hydrogen-bond acceptors (Lipinski definition) is 3. The average Bonchev–Trinajstić information content (AvgIpc) is 2.30. The van der Waals surface area contributed by atoms with Crippen LogP contribution in [-0.2, 0) is 0 Å². The molecule has 0 aromatic carbocycles. The Morgan fingerprint density at radius 2 is 2.07 bits per heavy atom. The second kappa shape index (κ2) is 4.71. The molecule has 1 saturated carbocycles.